The highest BCUT2D eigenvalue weighted by molar-refractivity contribution is 7.92. The molecule has 5 nitrogen and oxygen atoms in total. The van der Waals surface area contributed by atoms with Gasteiger partial charge in [0.2, 0.25) is 15.7 Å². The maximum Gasteiger partial charge on any atom is 0.497 e. The van der Waals surface area contributed by atoms with Crippen molar-refractivity contribution in [2.45, 2.75) is 18.3 Å². The first kappa shape index (κ1) is 16.4. The second-order valence-electron chi connectivity index (χ2n) is 3.97. The Bertz CT molecular complexity index is 544. The van der Waals surface area contributed by atoms with Gasteiger partial charge in [-0.2, -0.15) is 13.2 Å². The van der Waals surface area contributed by atoms with Crippen molar-refractivity contribution in [3.8, 4) is 0 Å². The average Bonchev–Trinajstić information content (AvgIpc) is 2.36. The monoisotopic (exact) mass is 310 g/mol. The van der Waals surface area contributed by atoms with E-state index < -0.39 is 33.6 Å². The average molecular weight is 310 g/mol. The van der Waals surface area contributed by atoms with E-state index in [1.54, 1.807) is 24.5 Å². The molecule has 1 aromatic rings. The molecule has 20 heavy (non-hydrogen) atoms. The van der Waals surface area contributed by atoms with Gasteiger partial charge in [0.25, 0.3) is 0 Å². The van der Waals surface area contributed by atoms with Crippen molar-refractivity contribution in [2.24, 2.45) is 0 Å². The highest BCUT2D eigenvalue weighted by atomic mass is 32.2. The number of rotatable bonds is 6. The van der Waals surface area contributed by atoms with Crippen molar-refractivity contribution in [2.75, 3.05) is 12.3 Å². The Labute approximate surface area is 114 Å². The fraction of sp³-hybridized carbons (Fsp3) is 0.455. The van der Waals surface area contributed by atoms with Crippen molar-refractivity contribution in [1.82, 2.24) is 10.3 Å². The number of carbonyl (C=O) groups excluding carboxylic acids is 1. The molecule has 0 unspecified atom stereocenters. The van der Waals surface area contributed by atoms with E-state index in [9.17, 15) is 26.4 Å². The van der Waals surface area contributed by atoms with Crippen LogP contribution in [-0.2, 0) is 21.1 Å². The van der Waals surface area contributed by atoms with Crippen LogP contribution in [0.3, 0.4) is 0 Å². The molecule has 112 valence electrons. The number of aromatic nitrogens is 1. The van der Waals surface area contributed by atoms with Gasteiger partial charge >= 0.3 is 5.51 Å². The van der Waals surface area contributed by atoms with Crippen LogP contribution < -0.4 is 5.32 Å². The van der Waals surface area contributed by atoms with Gasteiger partial charge in [-0.25, -0.2) is 8.42 Å². The lowest BCUT2D eigenvalue weighted by Crippen LogP contribution is -2.34. The van der Waals surface area contributed by atoms with E-state index in [0.717, 1.165) is 5.56 Å². The van der Waals surface area contributed by atoms with Crippen LogP contribution in [0.25, 0.3) is 0 Å². The highest BCUT2D eigenvalue weighted by Gasteiger charge is 2.44. The summed E-state index contributed by atoms with van der Waals surface area (Å²) in [7, 11) is -5.18. The maximum atomic E-state index is 12.0. The molecule has 0 aliphatic rings. The Morgan fingerprint density at radius 1 is 1.25 bits per heavy atom. The summed E-state index contributed by atoms with van der Waals surface area (Å²) in [6.45, 7) is -0.559. The molecule has 9 heteroatoms. The van der Waals surface area contributed by atoms with Crippen LogP contribution in [0, 0.1) is 0 Å². The molecular weight excluding hydrogens is 297 g/mol. The first-order chi connectivity index (χ1) is 9.22. The zero-order valence-electron chi connectivity index (χ0n) is 10.4. The van der Waals surface area contributed by atoms with Crippen LogP contribution in [0.2, 0.25) is 0 Å². The first-order valence-corrected chi connectivity index (χ1v) is 7.32. The largest absolute Gasteiger partial charge is 0.497 e. The summed E-state index contributed by atoms with van der Waals surface area (Å²) >= 11 is 0. The molecule has 1 rings (SSSR count). The summed E-state index contributed by atoms with van der Waals surface area (Å²) < 4.78 is 57.5. The molecule has 0 spiro atoms. The third kappa shape index (κ3) is 5.16. The number of nitrogens with zero attached hydrogens (tertiary/aromatic N) is 1. The second kappa shape index (κ2) is 6.69. The van der Waals surface area contributed by atoms with E-state index in [2.05, 4.69) is 10.3 Å². The molecular formula is C11H13F3N2O3S. The first-order valence-electron chi connectivity index (χ1n) is 5.67. The van der Waals surface area contributed by atoms with Crippen molar-refractivity contribution in [3.05, 3.63) is 30.1 Å². The Kier molecular flexibility index (Phi) is 5.49. The van der Waals surface area contributed by atoms with Gasteiger partial charge < -0.3 is 5.32 Å². The van der Waals surface area contributed by atoms with Crippen molar-refractivity contribution in [1.29, 1.82) is 0 Å². The highest BCUT2D eigenvalue weighted by Crippen LogP contribution is 2.23. The molecule has 1 amide bonds. The predicted octanol–water partition coefficient (Wildman–Crippen LogP) is 1.07. The molecule has 0 bridgehead atoms. The van der Waals surface area contributed by atoms with E-state index in [1.165, 1.54) is 0 Å². The molecule has 0 saturated carbocycles. The molecule has 0 saturated heterocycles. The Balaban J connectivity index is 2.31. The van der Waals surface area contributed by atoms with Gasteiger partial charge in [0.05, 0.1) is 5.75 Å². The van der Waals surface area contributed by atoms with Crippen LogP contribution in [-0.4, -0.2) is 37.1 Å². The number of alkyl halides is 3. The van der Waals surface area contributed by atoms with E-state index in [0.29, 0.717) is 6.42 Å². The third-order valence-electron chi connectivity index (χ3n) is 2.44. The molecule has 0 aliphatic carbocycles. The molecule has 1 aromatic heterocycles. The lowest BCUT2D eigenvalue weighted by Gasteiger charge is -2.08. The van der Waals surface area contributed by atoms with E-state index in [1.807, 2.05) is 0 Å². The topological polar surface area (TPSA) is 76.1 Å². The predicted molar refractivity (Wildman–Crippen MR) is 65.4 cm³/mol. The minimum absolute atomic E-state index is 0.0656. The van der Waals surface area contributed by atoms with Crippen LogP contribution in [0.15, 0.2) is 24.5 Å². The van der Waals surface area contributed by atoms with Crippen molar-refractivity contribution < 1.29 is 26.4 Å². The summed E-state index contributed by atoms with van der Waals surface area (Å²) in [5.41, 5.74) is -4.42. The van der Waals surface area contributed by atoms with Gasteiger partial charge in [-0.1, -0.05) is 0 Å². The SMILES string of the molecule is O=C(CCc1ccncc1)NCCS(=O)(=O)C(F)(F)F. The zero-order valence-corrected chi connectivity index (χ0v) is 11.2. The number of pyridine rings is 1. The molecule has 0 aliphatic heterocycles. The van der Waals surface area contributed by atoms with E-state index in [-0.39, 0.29) is 6.42 Å². The Hall–Kier alpha value is -1.64. The fourth-order valence-electron chi connectivity index (χ4n) is 1.34. The second-order valence-corrected chi connectivity index (χ2v) is 6.07. The summed E-state index contributed by atoms with van der Waals surface area (Å²) in [4.78, 5) is 15.1. The lowest BCUT2D eigenvalue weighted by molar-refractivity contribution is -0.120. The van der Waals surface area contributed by atoms with Gasteiger partial charge in [-0.15, -0.1) is 0 Å². The summed E-state index contributed by atoms with van der Waals surface area (Å²) in [5.74, 6) is -1.66. The zero-order chi connectivity index (χ0) is 15.2. The van der Waals surface area contributed by atoms with Crippen LogP contribution in [0.5, 0.6) is 0 Å². The molecule has 0 fully saturated rings. The standard InChI is InChI=1S/C11H13F3N2O3S/c12-11(13,14)20(18,19)8-7-16-10(17)2-1-9-3-5-15-6-4-9/h3-6H,1-2,7-8H2,(H,16,17). The summed E-state index contributed by atoms with van der Waals surface area (Å²) in [6.07, 6.45) is 3.59. The van der Waals surface area contributed by atoms with E-state index >= 15 is 0 Å². The quantitative estimate of drug-likeness (QED) is 0.852. The number of hydrogen-bond acceptors (Lipinski definition) is 4. The number of aryl methyl sites for hydroxylation is 1. The van der Waals surface area contributed by atoms with Gasteiger partial charge in [0, 0.05) is 25.4 Å². The smallest absolute Gasteiger partial charge is 0.355 e. The Morgan fingerprint density at radius 3 is 2.40 bits per heavy atom. The fourth-order valence-corrected chi connectivity index (χ4v) is 1.94. The van der Waals surface area contributed by atoms with Crippen LogP contribution in [0.1, 0.15) is 12.0 Å². The normalized spacial score (nSPS) is 12.2. The number of amides is 1. The molecule has 1 heterocycles. The number of sulfone groups is 1. The van der Waals surface area contributed by atoms with Crippen LogP contribution in [0.4, 0.5) is 13.2 Å². The lowest BCUT2D eigenvalue weighted by atomic mass is 10.1. The minimum atomic E-state index is -5.28. The number of halogens is 3. The number of hydrogen-bond donors (Lipinski definition) is 1. The van der Waals surface area contributed by atoms with Crippen molar-refractivity contribution >= 4 is 15.7 Å². The van der Waals surface area contributed by atoms with Gasteiger partial charge in [-0.05, 0) is 24.1 Å². The van der Waals surface area contributed by atoms with Crippen LogP contribution >= 0.6 is 0 Å². The molecule has 1 N–H and O–H groups in total. The van der Waals surface area contributed by atoms with Gasteiger partial charge in [0.15, 0.2) is 0 Å². The van der Waals surface area contributed by atoms with Gasteiger partial charge in [0.1, 0.15) is 0 Å². The summed E-state index contributed by atoms with van der Waals surface area (Å²) in [5, 5.41) is 2.15. The Morgan fingerprint density at radius 2 is 1.85 bits per heavy atom. The van der Waals surface area contributed by atoms with E-state index in [4.69, 9.17) is 0 Å². The molecule has 0 radical (unpaired) electrons. The molecule has 0 aromatic carbocycles. The minimum Gasteiger partial charge on any atom is -0.355 e. The maximum absolute atomic E-state index is 12.0. The van der Waals surface area contributed by atoms with Crippen molar-refractivity contribution in [3.63, 3.8) is 0 Å². The van der Waals surface area contributed by atoms with Gasteiger partial charge in [-0.3, -0.25) is 9.78 Å². The molecule has 0 atom stereocenters. The number of carbonyl (C=O) groups is 1. The summed E-state index contributed by atoms with van der Waals surface area (Å²) in [6, 6.07) is 3.42. The number of nitrogens with one attached hydrogen (secondary N) is 1. The third-order valence-corrected chi connectivity index (χ3v) is 3.88.